The molecule has 0 radical (unpaired) electrons. The van der Waals surface area contributed by atoms with Crippen molar-refractivity contribution in [1.29, 1.82) is 0 Å². The van der Waals surface area contributed by atoms with Crippen molar-refractivity contribution in [2.75, 3.05) is 19.8 Å². The van der Waals surface area contributed by atoms with Crippen LogP contribution in [0, 0.1) is 17.3 Å². The first-order valence-corrected chi connectivity index (χ1v) is 17.0. The summed E-state index contributed by atoms with van der Waals surface area (Å²) in [5, 5.41) is 0. The first-order chi connectivity index (χ1) is 18.6. The van der Waals surface area contributed by atoms with Gasteiger partial charge in [0.25, 0.3) is 0 Å². The standard InChI is InChI=1S/C35H64O3/c1-4-5-6-7-8-9-10-11-12-13-14-15-16-17-18-19-20-21-22-23-26-37-30-35-25-24-32(28-35)27-33(35)29-38-34(36)31(2)3/h32-33H,2,4-30H2,1,3H3. The van der Waals surface area contributed by atoms with Crippen molar-refractivity contribution >= 4 is 5.97 Å². The molecule has 222 valence electrons. The molecule has 38 heavy (non-hydrogen) atoms. The molecule has 0 heterocycles. The Morgan fingerprint density at radius 2 is 1.24 bits per heavy atom. The summed E-state index contributed by atoms with van der Waals surface area (Å²) < 4.78 is 11.7. The summed E-state index contributed by atoms with van der Waals surface area (Å²) in [6, 6.07) is 0. The van der Waals surface area contributed by atoms with E-state index in [2.05, 4.69) is 13.5 Å². The number of hydrogen-bond acceptors (Lipinski definition) is 3. The van der Waals surface area contributed by atoms with Crippen LogP contribution in [0.4, 0.5) is 0 Å². The van der Waals surface area contributed by atoms with Crippen molar-refractivity contribution in [2.24, 2.45) is 17.3 Å². The van der Waals surface area contributed by atoms with Gasteiger partial charge in [0.05, 0.1) is 13.2 Å². The van der Waals surface area contributed by atoms with Crippen molar-refractivity contribution in [3.8, 4) is 0 Å². The number of unbranched alkanes of at least 4 members (excludes halogenated alkanes) is 19. The van der Waals surface area contributed by atoms with Crippen LogP contribution in [0.5, 0.6) is 0 Å². The first-order valence-electron chi connectivity index (χ1n) is 17.0. The summed E-state index contributed by atoms with van der Waals surface area (Å²) in [6.45, 7) is 10.0. The Morgan fingerprint density at radius 3 is 1.68 bits per heavy atom. The molecule has 0 aliphatic heterocycles. The van der Waals surface area contributed by atoms with Gasteiger partial charge in [-0.05, 0) is 44.9 Å². The molecule has 2 fully saturated rings. The molecule has 0 aromatic carbocycles. The molecule has 2 bridgehead atoms. The second kappa shape index (κ2) is 21.0. The zero-order valence-electron chi connectivity index (χ0n) is 25.7. The number of ether oxygens (including phenoxy) is 2. The molecule has 3 nitrogen and oxygen atoms in total. The van der Waals surface area contributed by atoms with Gasteiger partial charge in [0.2, 0.25) is 0 Å². The van der Waals surface area contributed by atoms with Gasteiger partial charge in [-0.15, -0.1) is 0 Å². The van der Waals surface area contributed by atoms with Crippen molar-refractivity contribution < 1.29 is 14.3 Å². The summed E-state index contributed by atoms with van der Waals surface area (Å²) in [4.78, 5) is 11.8. The Bertz CT molecular complexity index is 614. The Morgan fingerprint density at radius 1 is 0.763 bits per heavy atom. The van der Waals surface area contributed by atoms with E-state index in [-0.39, 0.29) is 11.4 Å². The lowest BCUT2D eigenvalue weighted by molar-refractivity contribution is -0.142. The maximum absolute atomic E-state index is 11.8. The average molecular weight is 533 g/mol. The maximum atomic E-state index is 11.8. The van der Waals surface area contributed by atoms with Gasteiger partial charge < -0.3 is 9.47 Å². The van der Waals surface area contributed by atoms with Crippen molar-refractivity contribution in [2.45, 2.75) is 168 Å². The lowest BCUT2D eigenvalue weighted by Gasteiger charge is -2.34. The zero-order chi connectivity index (χ0) is 27.3. The molecule has 3 unspecified atom stereocenters. The monoisotopic (exact) mass is 532 g/mol. The Hall–Kier alpha value is -0.830. The quantitative estimate of drug-likeness (QED) is 0.0631. The van der Waals surface area contributed by atoms with Crippen LogP contribution in [0.2, 0.25) is 0 Å². The van der Waals surface area contributed by atoms with Crippen LogP contribution in [0.15, 0.2) is 12.2 Å². The minimum absolute atomic E-state index is 0.242. The number of carbonyl (C=O) groups is 1. The van der Waals surface area contributed by atoms with Gasteiger partial charge in [0.15, 0.2) is 0 Å². The van der Waals surface area contributed by atoms with Crippen LogP contribution in [0.3, 0.4) is 0 Å². The number of carbonyl (C=O) groups excluding carboxylic acids is 1. The van der Waals surface area contributed by atoms with Crippen LogP contribution in [-0.4, -0.2) is 25.8 Å². The fraction of sp³-hybridized carbons (Fsp3) is 0.914. The van der Waals surface area contributed by atoms with Crippen LogP contribution < -0.4 is 0 Å². The predicted octanol–water partition coefficient (Wildman–Crippen LogP) is 10.8. The normalized spacial score (nSPS) is 22.3. The highest BCUT2D eigenvalue weighted by Crippen LogP contribution is 2.57. The van der Waals surface area contributed by atoms with Crippen LogP contribution >= 0.6 is 0 Å². The number of esters is 1. The Balaban J connectivity index is 1.31. The van der Waals surface area contributed by atoms with Crippen molar-refractivity contribution in [3.05, 3.63) is 12.2 Å². The lowest BCUT2D eigenvalue weighted by atomic mass is 9.76. The van der Waals surface area contributed by atoms with E-state index in [1.807, 2.05) is 0 Å². The van der Waals surface area contributed by atoms with Crippen LogP contribution in [0.25, 0.3) is 0 Å². The number of hydrogen-bond donors (Lipinski definition) is 0. The molecule has 0 spiro atoms. The molecule has 3 heteroatoms. The number of fused-ring (bicyclic) bond motifs is 2. The summed E-state index contributed by atoms with van der Waals surface area (Å²) in [5.74, 6) is 1.04. The topological polar surface area (TPSA) is 35.5 Å². The summed E-state index contributed by atoms with van der Waals surface area (Å²) in [5.41, 5.74) is 0.756. The molecule has 2 aliphatic rings. The Labute approximate surface area is 237 Å². The van der Waals surface area contributed by atoms with Gasteiger partial charge in [0, 0.05) is 23.5 Å². The van der Waals surface area contributed by atoms with Gasteiger partial charge in [-0.25, -0.2) is 4.79 Å². The SMILES string of the molecule is C=C(C)C(=O)OCC1CC2CCC1(COCCCCCCCCCCCCCCCCCCCCCC)C2. The van der Waals surface area contributed by atoms with Crippen molar-refractivity contribution in [1.82, 2.24) is 0 Å². The molecule has 0 aromatic heterocycles. The minimum atomic E-state index is -0.242. The molecule has 0 saturated heterocycles. The summed E-state index contributed by atoms with van der Waals surface area (Å²) in [7, 11) is 0. The van der Waals surface area contributed by atoms with Gasteiger partial charge in [-0.1, -0.05) is 135 Å². The molecule has 3 atom stereocenters. The molecule has 0 amide bonds. The van der Waals surface area contributed by atoms with Crippen LogP contribution in [0.1, 0.15) is 168 Å². The predicted molar refractivity (Wildman–Crippen MR) is 162 cm³/mol. The largest absolute Gasteiger partial charge is 0.462 e. The van der Waals surface area contributed by atoms with E-state index in [1.54, 1.807) is 6.92 Å². The minimum Gasteiger partial charge on any atom is -0.462 e. The second-order valence-electron chi connectivity index (χ2n) is 13.1. The third kappa shape index (κ3) is 14.0. The fourth-order valence-electron chi connectivity index (χ4n) is 7.02. The van der Waals surface area contributed by atoms with E-state index >= 15 is 0 Å². The molecule has 0 N–H and O–H groups in total. The highest BCUT2D eigenvalue weighted by Gasteiger charge is 2.52. The van der Waals surface area contributed by atoms with E-state index in [1.165, 1.54) is 154 Å². The van der Waals surface area contributed by atoms with E-state index in [0.29, 0.717) is 18.1 Å². The molecule has 2 saturated carbocycles. The Kier molecular flexibility index (Phi) is 18.4. The average Bonchev–Trinajstić information content (AvgIpc) is 3.48. The highest BCUT2D eigenvalue weighted by atomic mass is 16.5. The molecular formula is C35H64O3. The molecule has 0 aromatic rings. The zero-order valence-corrected chi connectivity index (χ0v) is 25.7. The lowest BCUT2D eigenvalue weighted by Crippen LogP contribution is -2.34. The maximum Gasteiger partial charge on any atom is 0.333 e. The van der Waals surface area contributed by atoms with Gasteiger partial charge in [0.1, 0.15) is 0 Å². The summed E-state index contributed by atoms with van der Waals surface area (Å²) in [6.07, 6.45) is 33.4. The smallest absolute Gasteiger partial charge is 0.333 e. The molecule has 2 aliphatic carbocycles. The third-order valence-electron chi connectivity index (χ3n) is 9.53. The molecule has 2 rings (SSSR count). The van der Waals surface area contributed by atoms with E-state index in [0.717, 1.165) is 19.1 Å². The third-order valence-corrected chi connectivity index (χ3v) is 9.53. The van der Waals surface area contributed by atoms with Crippen LogP contribution in [-0.2, 0) is 14.3 Å². The van der Waals surface area contributed by atoms with Gasteiger partial charge >= 0.3 is 5.97 Å². The van der Waals surface area contributed by atoms with Gasteiger partial charge in [-0.3, -0.25) is 0 Å². The summed E-state index contributed by atoms with van der Waals surface area (Å²) >= 11 is 0. The molecular weight excluding hydrogens is 468 g/mol. The van der Waals surface area contributed by atoms with E-state index in [9.17, 15) is 4.79 Å². The highest BCUT2D eigenvalue weighted by molar-refractivity contribution is 5.86. The van der Waals surface area contributed by atoms with E-state index < -0.39 is 0 Å². The van der Waals surface area contributed by atoms with Crippen molar-refractivity contribution in [3.63, 3.8) is 0 Å². The number of rotatable bonds is 26. The second-order valence-corrected chi connectivity index (χ2v) is 13.1. The fourth-order valence-corrected chi connectivity index (χ4v) is 7.02. The first kappa shape index (κ1) is 33.4. The van der Waals surface area contributed by atoms with Gasteiger partial charge in [-0.2, -0.15) is 0 Å². The van der Waals surface area contributed by atoms with E-state index in [4.69, 9.17) is 9.47 Å².